The Labute approximate surface area is 140 Å². The highest BCUT2D eigenvalue weighted by atomic mass is 19.3. The third kappa shape index (κ3) is 6.09. The van der Waals surface area contributed by atoms with E-state index in [9.17, 15) is 49.1 Å². The van der Waals surface area contributed by atoms with E-state index in [1.54, 1.807) is 0 Å². The molecule has 4 nitrogen and oxygen atoms in total. The van der Waals surface area contributed by atoms with Crippen molar-refractivity contribution in [2.24, 2.45) is 0 Å². The molecule has 0 N–H and O–H groups in total. The molecule has 152 valence electrons. The van der Waals surface area contributed by atoms with Gasteiger partial charge in [-0.1, -0.05) is 6.58 Å². The van der Waals surface area contributed by atoms with Crippen molar-refractivity contribution in [3.8, 4) is 0 Å². The van der Waals surface area contributed by atoms with Gasteiger partial charge in [-0.15, -0.1) is 0 Å². The van der Waals surface area contributed by atoms with Crippen LogP contribution >= 0.6 is 0 Å². The molecular formula is C13H13F9O4. The number of alkyl halides is 9. The van der Waals surface area contributed by atoms with E-state index < -0.39 is 67.3 Å². The summed E-state index contributed by atoms with van der Waals surface area (Å²) in [6.07, 6.45) is -26.1. The highest BCUT2D eigenvalue weighted by Crippen LogP contribution is 2.35. The number of methoxy groups -OCH3 is 1. The lowest BCUT2D eigenvalue weighted by Gasteiger charge is -2.27. The first kappa shape index (κ1) is 24.1. The Morgan fingerprint density at radius 3 is 1.88 bits per heavy atom. The average Bonchev–Trinajstić information content (AvgIpc) is 2.57. The first-order valence-electron chi connectivity index (χ1n) is 6.59. The molecule has 0 amide bonds. The lowest BCUT2D eigenvalue weighted by Crippen LogP contribution is -2.51. The normalized spacial score (nSPS) is 17.8. The Hall–Kier alpha value is -1.95. The van der Waals surface area contributed by atoms with Gasteiger partial charge in [0.1, 0.15) is 0 Å². The zero-order valence-electron chi connectivity index (χ0n) is 12.9. The Morgan fingerprint density at radius 2 is 1.46 bits per heavy atom. The van der Waals surface area contributed by atoms with Crippen LogP contribution in [0.25, 0.3) is 0 Å². The molecule has 0 heterocycles. The Morgan fingerprint density at radius 1 is 0.962 bits per heavy atom. The maximum atomic E-state index is 13.4. The number of ether oxygens (including phenoxy) is 2. The molecule has 0 aromatic carbocycles. The summed E-state index contributed by atoms with van der Waals surface area (Å²) in [7, 11) is 0.866. The minimum absolute atomic E-state index is 0.658. The Balaban J connectivity index is 4.98. The van der Waals surface area contributed by atoms with Crippen LogP contribution in [0, 0.1) is 0 Å². The molecule has 0 aliphatic heterocycles. The van der Waals surface area contributed by atoms with Gasteiger partial charge >= 0.3 is 24.2 Å². The first-order valence-corrected chi connectivity index (χ1v) is 6.59. The molecule has 0 aromatic heterocycles. The number of hydrogen-bond donors (Lipinski definition) is 0. The van der Waals surface area contributed by atoms with Gasteiger partial charge < -0.3 is 9.47 Å². The topological polar surface area (TPSA) is 52.6 Å². The summed E-state index contributed by atoms with van der Waals surface area (Å²) in [6, 6.07) is 0. The number of esters is 2. The number of hydrogen-bond acceptors (Lipinski definition) is 4. The summed E-state index contributed by atoms with van der Waals surface area (Å²) in [6.45, 7) is 2.98. The molecular weight excluding hydrogens is 391 g/mol. The summed E-state index contributed by atoms with van der Waals surface area (Å²) in [4.78, 5) is 22.0. The summed E-state index contributed by atoms with van der Waals surface area (Å²) >= 11 is 0. The van der Waals surface area contributed by atoms with Crippen molar-refractivity contribution in [2.75, 3.05) is 7.11 Å². The van der Waals surface area contributed by atoms with E-state index in [-0.39, 0.29) is 0 Å². The van der Waals surface area contributed by atoms with E-state index in [2.05, 4.69) is 16.1 Å². The summed E-state index contributed by atoms with van der Waals surface area (Å²) in [5, 5.41) is 0. The van der Waals surface area contributed by atoms with Crippen LogP contribution in [0.15, 0.2) is 12.2 Å². The van der Waals surface area contributed by atoms with Crippen molar-refractivity contribution in [2.45, 2.75) is 49.8 Å². The second kappa shape index (κ2) is 9.67. The SMILES string of the molecule is C=C(CC(=O)OC(F)C(F)(F)C(F)C(F)C(F)C(F)C(F)F)C(=O)OC. The van der Waals surface area contributed by atoms with Crippen LogP contribution in [-0.4, -0.2) is 62.4 Å². The molecule has 26 heavy (non-hydrogen) atoms. The fraction of sp³-hybridized carbons (Fsp3) is 0.692. The van der Waals surface area contributed by atoms with Crippen molar-refractivity contribution in [3.63, 3.8) is 0 Å². The van der Waals surface area contributed by atoms with Gasteiger partial charge in [0.15, 0.2) is 18.5 Å². The molecule has 0 bridgehead atoms. The molecule has 0 rings (SSSR count). The molecule has 0 aromatic rings. The number of rotatable bonds is 10. The maximum absolute atomic E-state index is 13.4. The van der Waals surface area contributed by atoms with Crippen molar-refractivity contribution < 1.29 is 58.6 Å². The quantitative estimate of drug-likeness (QED) is 0.319. The second-order valence-corrected chi connectivity index (χ2v) is 4.82. The summed E-state index contributed by atoms with van der Waals surface area (Å²) < 4.78 is 123. The van der Waals surface area contributed by atoms with E-state index >= 15 is 0 Å². The standard InChI is InChI=1S/C13H13F9O4/c1-4(11(24)25-2)3-5(23)26-12(20)13(21,22)9(17)7(15)6(14)8(16)10(18)19/h6-10,12H,1,3H2,2H3. The van der Waals surface area contributed by atoms with Gasteiger partial charge in [-0.3, -0.25) is 4.79 Å². The van der Waals surface area contributed by atoms with E-state index in [1.807, 2.05) is 0 Å². The average molecular weight is 404 g/mol. The number of halogens is 9. The van der Waals surface area contributed by atoms with Gasteiger partial charge in [-0.2, -0.15) is 13.2 Å². The smallest absolute Gasteiger partial charge is 0.346 e. The largest absolute Gasteiger partial charge is 0.466 e. The molecule has 0 saturated heterocycles. The highest BCUT2D eigenvalue weighted by Gasteiger charge is 2.58. The lowest BCUT2D eigenvalue weighted by molar-refractivity contribution is -0.235. The molecule has 0 aliphatic carbocycles. The Bertz CT molecular complexity index is 514. The molecule has 0 fully saturated rings. The third-order valence-corrected chi connectivity index (χ3v) is 2.87. The van der Waals surface area contributed by atoms with Crippen LogP contribution in [0.3, 0.4) is 0 Å². The van der Waals surface area contributed by atoms with Crippen molar-refractivity contribution in [1.82, 2.24) is 0 Å². The minimum atomic E-state index is -5.55. The third-order valence-electron chi connectivity index (χ3n) is 2.87. The number of carbonyl (C=O) groups excluding carboxylic acids is 2. The predicted molar refractivity (Wildman–Crippen MR) is 67.3 cm³/mol. The van der Waals surface area contributed by atoms with Gasteiger partial charge in [0.25, 0.3) is 6.43 Å². The van der Waals surface area contributed by atoms with Gasteiger partial charge in [-0.25, -0.2) is 31.1 Å². The van der Waals surface area contributed by atoms with Crippen molar-refractivity contribution in [3.05, 3.63) is 12.2 Å². The molecule has 0 aliphatic rings. The van der Waals surface area contributed by atoms with Crippen LogP contribution in [0.1, 0.15) is 6.42 Å². The van der Waals surface area contributed by atoms with Crippen LogP contribution in [0.2, 0.25) is 0 Å². The fourth-order valence-corrected chi connectivity index (χ4v) is 1.44. The van der Waals surface area contributed by atoms with Gasteiger partial charge in [0.05, 0.1) is 13.5 Å². The lowest BCUT2D eigenvalue weighted by atomic mass is 10.0. The molecule has 5 atom stereocenters. The zero-order valence-corrected chi connectivity index (χ0v) is 12.9. The van der Waals surface area contributed by atoms with Gasteiger partial charge in [0.2, 0.25) is 6.17 Å². The highest BCUT2D eigenvalue weighted by molar-refractivity contribution is 5.93. The molecule has 0 saturated carbocycles. The van der Waals surface area contributed by atoms with E-state index in [4.69, 9.17) is 0 Å². The predicted octanol–water partition coefficient (Wildman–Crippen LogP) is 3.20. The monoisotopic (exact) mass is 404 g/mol. The van der Waals surface area contributed by atoms with E-state index in [0.717, 1.165) is 7.11 Å². The zero-order chi connectivity index (χ0) is 20.8. The van der Waals surface area contributed by atoms with Gasteiger partial charge in [-0.05, 0) is 0 Å². The molecule has 13 heteroatoms. The van der Waals surface area contributed by atoms with E-state index in [1.165, 1.54) is 0 Å². The van der Waals surface area contributed by atoms with Crippen molar-refractivity contribution in [1.29, 1.82) is 0 Å². The maximum Gasteiger partial charge on any atom is 0.346 e. The summed E-state index contributed by atoms with van der Waals surface area (Å²) in [5.41, 5.74) is -0.658. The van der Waals surface area contributed by atoms with E-state index in [0.29, 0.717) is 0 Å². The first-order chi connectivity index (χ1) is 11.8. The Kier molecular flexibility index (Phi) is 8.94. The van der Waals surface area contributed by atoms with Gasteiger partial charge in [0, 0.05) is 5.57 Å². The number of carbonyl (C=O) groups is 2. The fourth-order valence-electron chi connectivity index (χ4n) is 1.44. The molecule has 0 spiro atoms. The second-order valence-electron chi connectivity index (χ2n) is 4.82. The molecule has 5 unspecified atom stereocenters. The van der Waals surface area contributed by atoms with Crippen LogP contribution < -0.4 is 0 Å². The molecule has 0 radical (unpaired) electrons. The van der Waals surface area contributed by atoms with Crippen molar-refractivity contribution >= 4 is 11.9 Å². The van der Waals surface area contributed by atoms with Crippen LogP contribution in [0.5, 0.6) is 0 Å². The minimum Gasteiger partial charge on any atom is -0.466 e. The van der Waals surface area contributed by atoms with Crippen LogP contribution in [-0.2, 0) is 19.1 Å². The van der Waals surface area contributed by atoms with Crippen LogP contribution in [0.4, 0.5) is 39.5 Å². The summed E-state index contributed by atoms with van der Waals surface area (Å²) in [5.74, 6) is -8.60.